The third-order valence-electron chi connectivity index (χ3n) is 3.52. The number of hydrogen-bond acceptors (Lipinski definition) is 4. The van der Waals surface area contributed by atoms with Gasteiger partial charge in [0.15, 0.2) is 0 Å². The first-order valence-corrected chi connectivity index (χ1v) is 8.00. The second-order valence-corrected chi connectivity index (χ2v) is 6.09. The van der Waals surface area contributed by atoms with Crippen molar-refractivity contribution in [1.29, 1.82) is 0 Å². The van der Waals surface area contributed by atoms with Gasteiger partial charge in [-0.1, -0.05) is 47.7 Å². The van der Waals surface area contributed by atoms with Crippen LogP contribution in [-0.4, -0.2) is 21.1 Å². The van der Waals surface area contributed by atoms with Crippen LogP contribution in [0.5, 0.6) is 0 Å². The first-order chi connectivity index (χ1) is 11.7. The fraction of sp³-hybridized carbons (Fsp3) is 0. The second kappa shape index (κ2) is 5.86. The average molecular weight is 338 g/mol. The Labute approximate surface area is 140 Å². The summed E-state index contributed by atoms with van der Waals surface area (Å²) in [6, 6.07) is 15.7. The summed E-state index contributed by atoms with van der Waals surface area (Å²) in [5.74, 6) is -0.758. The van der Waals surface area contributed by atoms with E-state index in [1.54, 1.807) is 12.1 Å². The van der Waals surface area contributed by atoms with Crippen LogP contribution in [0.1, 0.15) is 10.5 Å². The molecule has 4 rings (SSSR count). The fourth-order valence-electron chi connectivity index (χ4n) is 2.38. The van der Waals surface area contributed by atoms with Crippen molar-refractivity contribution in [2.45, 2.75) is 0 Å². The van der Waals surface area contributed by atoms with E-state index < -0.39 is 0 Å². The molecule has 0 unspecified atom stereocenters. The molecule has 5 nitrogen and oxygen atoms in total. The van der Waals surface area contributed by atoms with Crippen LogP contribution in [0, 0.1) is 5.82 Å². The van der Waals surface area contributed by atoms with Gasteiger partial charge in [-0.25, -0.2) is 4.39 Å². The van der Waals surface area contributed by atoms with Crippen LogP contribution in [0.3, 0.4) is 0 Å². The minimum Gasteiger partial charge on any atom is -0.350 e. The van der Waals surface area contributed by atoms with Crippen LogP contribution >= 0.6 is 11.3 Å². The molecule has 0 fully saturated rings. The predicted molar refractivity (Wildman–Crippen MR) is 91.6 cm³/mol. The molecule has 0 aliphatic rings. The van der Waals surface area contributed by atoms with E-state index in [0.29, 0.717) is 21.0 Å². The summed E-state index contributed by atoms with van der Waals surface area (Å²) < 4.78 is 13.7. The number of carbonyl (C=O) groups excluding carboxylic acids is 1. The Hall–Kier alpha value is -3.06. The lowest BCUT2D eigenvalue weighted by Gasteiger charge is -1.97. The number of nitrogens with zero attached hydrogens (tertiary/aromatic N) is 2. The molecule has 4 aromatic rings. The first kappa shape index (κ1) is 14.5. The molecule has 0 saturated carbocycles. The van der Waals surface area contributed by atoms with Crippen molar-refractivity contribution in [2.24, 2.45) is 0 Å². The number of fused-ring (bicyclic) bond motifs is 1. The Morgan fingerprint density at radius 1 is 1.08 bits per heavy atom. The number of benzene rings is 2. The molecule has 1 amide bonds. The van der Waals surface area contributed by atoms with E-state index in [1.807, 2.05) is 30.3 Å². The SMILES string of the molecule is O=C(Nc1nnc(-c2ccccc2)s1)c1cc2c(F)cccc2[nH]1. The van der Waals surface area contributed by atoms with Gasteiger partial charge in [-0.2, -0.15) is 0 Å². The maximum absolute atomic E-state index is 13.7. The highest BCUT2D eigenvalue weighted by atomic mass is 32.1. The lowest BCUT2D eigenvalue weighted by atomic mass is 10.2. The topological polar surface area (TPSA) is 70.7 Å². The van der Waals surface area contributed by atoms with Gasteiger partial charge in [0.05, 0.1) is 0 Å². The quantitative estimate of drug-likeness (QED) is 0.591. The van der Waals surface area contributed by atoms with E-state index in [-0.39, 0.29) is 17.4 Å². The van der Waals surface area contributed by atoms with E-state index in [0.717, 1.165) is 5.56 Å². The summed E-state index contributed by atoms with van der Waals surface area (Å²) in [4.78, 5) is 15.2. The van der Waals surface area contributed by atoms with Gasteiger partial charge in [-0.3, -0.25) is 10.1 Å². The maximum atomic E-state index is 13.7. The molecule has 0 bridgehead atoms. The Balaban J connectivity index is 1.57. The number of nitrogens with one attached hydrogen (secondary N) is 2. The van der Waals surface area contributed by atoms with E-state index in [9.17, 15) is 9.18 Å². The van der Waals surface area contributed by atoms with Crippen LogP contribution in [0.4, 0.5) is 9.52 Å². The molecule has 24 heavy (non-hydrogen) atoms. The summed E-state index contributed by atoms with van der Waals surface area (Å²) in [5, 5.41) is 12.2. The van der Waals surface area contributed by atoms with Crippen molar-refractivity contribution in [2.75, 3.05) is 5.32 Å². The van der Waals surface area contributed by atoms with Crippen molar-refractivity contribution < 1.29 is 9.18 Å². The third-order valence-corrected chi connectivity index (χ3v) is 4.41. The molecule has 0 saturated heterocycles. The third kappa shape index (κ3) is 2.65. The number of aromatic amines is 1. The highest BCUT2D eigenvalue weighted by molar-refractivity contribution is 7.18. The molecule has 2 aromatic carbocycles. The monoisotopic (exact) mass is 338 g/mol. The minimum atomic E-state index is -0.388. The van der Waals surface area contributed by atoms with E-state index in [2.05, 4.69) is 20.5 Å². The van der Waals surface area contributed by atoms with Crippen LogP contribution in [0.25, 0.3) is 21.5 Å². The van der Waals surface area contributed by atoms with Crippen LogP contribution in [0.2, 0.25) is 0 Å². The summed E-state index contributed by atoms with van der Waals surface area (Å²) in [6.45, 7) is 0. The van der Waals surface area contributed by atoms with Gasteiger partial charge in [0.2, 0.25) is 5.13 Å². The first-order valence-electron chi connectivity index (χ1n) is 7.18. The lowest BCUT2D eigenvalue weighted by molar-refractivity contribution is 0.102. The highest BCUT2D eigenvalue weighted by Crippen LogP contribution is 2.26. The van der Waals surface area contributed by atoms with Gasteiger partial charge in [0, 0.05) is 16.5 Å². The Kier molecular flexibility index (Phi) is 3.55. The van der Waals surface area contributed by atoms with E-state index in [4.69, 9.17) is 0 Å². The molecule has 0 aliphatic carbocycles. The molecule has 0 atom stereocenters. The van der Waals surface area contributed by atoms with Crippen molar-refractivity contribution >= 4 is 33.3 Å². The number of halogens is 1. The van der Waals surface area contributed by atoms with Crippen molar-refractivity contribution in [3.8, 4) is 10.6 Å². The number of anilines is 1. The molecule has 118 valence electrons. The number of aromatic nitrogens is 3. The van der Waals surface area contributed by atoms with Gasteiger partial charge < -0.3 is 4.98 Å². The number of carbonyl (C=O) groups is 1. The van der Waals surface area contributed by atoms with Crippen LogP contribution in [-0.2, 0) is 0 Å². The molecular weight excluding hydrogens is 327 g/mol. The molecule has 2 heterocycles. The van der Waals surface area contributed by atoms with Crippen LogP contribution in [0.15, 0.2) is 54.6 Å². The Morgan fingerprint density at radius 3 is 2.71 bits per heavy atom. The van der Waals surface area contributed by atoms with Gasteiger partial charge in [0.25, 0.3) is 5.91 Å². The van der Waals surface area contributed by atoms with Crippen LogP contribution < -0.4 is 5.32 Å². The Bertz CT molecular complexity index is 1030. The van der Waals surface area contributed by atoms with Crippen molar-refractivity contribution in [1.82, 2.24) is 15.2 Å². The Morgan fingerprint density at radius 2 is 1.92 bits per heavy atom. The normalized spacial score (nSPS) is 10.9. The molecule has 0 radical (unpaired) electrons. The standard InChI is InChI=1S/C17H11FN4OS/c18-12-7-4-8-13-11(12)9-14(19-13)15(23)20-17-22-21-16(24-17)10-5-2-1-3-6-10/h1-9,19H,(H,20,22,23). The maximum Gasteiger partial charge on any atom is 0.273 e. The van der Waals surface area contributed by atoms with Gasteiger partial charge >= 0.3 is 0 Å². The zero-order valence-corrected chi connectivity index (χ0v) is 13.1. The van der Waals surface area contributed by atoms with E-state index >= 15 is 0 Å². The van der Waals surface area contributed by atoms with Gasteiger partial charge in [-0.15, -0.1) is 10.2 Å². The van der Waals surface area contributed by atoms with Gasteiger partial charge in [-0.05, 0) is 18.2 Å². The summed E-state index contributed by atoms with van der Waals surface area (Å²) in [6.07, 6.45) is 0. The second-order valence-electron chi connectivity index (χ2n) is 5.12. The number of amides is 1. The number of H-pyrrole nitrogens is 1. The zero-order valence-electron chi connectivity index (χ0n) is 12.3. The zero-order chi connectivity index (χ0) is 16.5. The van der Waals surface area contributed by atoms with Gasteiger partial charge in [0.1, 0.15) is 16.5 Å². The summed E-state index contributed by atoms with van der Waals surface area (Å²) in [7, 11) is 0. The van der Waals surface area contributed by atoms with Crippen molar-refractivity contribution in [3.05, 3.63) is 66.1 Å². The molecule has 0 aliphatic heterocycles. The number of rotatable bonds is 3. The molecule has 2 N–H and O–H groups in total. The van der Waals surface area contributed by atoms with Crippen molar-refractivity contribution in [3.63, 3.8) is 0 Å². The molecular formula is C17H11FN4OS. The highest BCUT2D eigenvalue weighted by Gasteiger charge is 2.14. The predicted octanol–water partition coefficient (Wildman–Crippen LogP) is 4.08. The fourth-order valence-corrected chi connectivity index (χ4v) is 3.12. The molecule has 2 aromatic heterocycles. The number of hydrogen-bond donors (Lipinski definition) is 2. The lowest BCUT2D eigenvalue weighted by Crippen LogP contribution is -2.11. The van der Waals surface area contributed by atoms with E-state index in [1.165, 1.54) is 23.5 Å². The summed E-state index contributed by atoms with van der Waals surface area (Å²) in [5.41, 5.74) is 1.78. The largest absolute Gasteiger partial charge is 0.350 e. The smallest absolute Gasteiger partial charge is 0.273 e. The summed E-state index contributed by atoms with van der Waals surface area (Å²) >= 11 is 1.28. The average Bonchev–Trinajstić information content (AvgIpc) is 3.23. The molecule has 7 heteroatoms. The molecule has 0 spiro atoms. The minimum absolute atomic E-state index is 0.270.